The number of halogens is 1. The van der Waals surface area contributed by atoms with Crippen LogP contribution in [0.1, 0.15) is 19.5 Å². The van der Waals surface area contributed by atoms with Gasteiger partial charge in [-0.25, -0.2) is 4.98 Å². The van der Waals surface area contributed by atoms with Crippen molar-refractivity contribution >= 4 is 17.6 Å². The molecule has 1 aromatic heterocycles. The summed E-state index contributed by atoms with van der Waals surface area (Å²) in [5, 5.41) is 0.377. The van der Waals surface area contributed by atoms with E-state index in [4.69, 9.17) is 17.3 Å². The summed E-state index contributed by atoms with van der Waals surface area (Å²) in [6.45, 7) is 3.65. The lowest BCUT2D eigenvalue weighted by molar-refractivity contribution is -0.143. The Balaban J connectivity index is 3.05. The van der Waals surface area contributed by atoms with Crippen molar-refractivity contribution < 1.29 is 9.53 Å². The van der Waals surface area contributed by atoms with Crippen LogP contribution in [0.3, 0.4) is 0 Å². The standard InChI is InChI=1S/C11H15ClN2O2/c1-11(2,9(13)10(15)16-3)7-5-4-6-8(12)14-7/h4-6,9H,13H2,1-3H3. The topological polar surface area (TPSA) is 65.2 Å². The van der Waals surface area contributed by atoms with Crippen LogP contribution >= 0.6 is 11.6 Å². The van der Waals surface area contributed by atoms with Crippen LogP contribution in [0.2, 0.25) is 5.15 Å². The van der Waals surface area contributed by atoms with Gasteiger partial charge in [0.2, 0.25) is 0 Å². The summed E-state index contributed by atoms with van der Waals surface area (Å²) in [5.74, 6) is -0.466. The van der Waals surface area contributed by atoms with E-state index >= 15 is 0 Å². The normalized spacial score (nSPS) is 13.3. The first-order chi connectivity index (χ1) is 7.39. The highest BCUT2D eigenvalue weighted by Gasteiger charge is 2.35. The number of ether oxygens (including phenoxy) is 1. The lowest BCUT2D eigenvalue weighted by Crippen LogP contribution is -2.47. The van der Waals surface area contributed by atoms with Crippen molar-refractivity contribution in [2.45, 2.75) is 25.3 Å². The van der Waals surface area contributed by atoms with Crippen LogP contribution in [0.25, 0.3) is 0 Å². The number of carbonyl (C=O) groups excluding carboxylic acids is 1. The van der Waals surface area contributed by atoms with Crippen LogP contribution in [0.5, 0.6) is 0 Å². The molecule has 4 nitrogen and oxygen atoms in total. The maximum Gasteiger partial charge on any atom is 0.323 e. The molecule has 88 valence electrons. The number of hydrogen-bond donors (Lipinski definition) is 1. The Kier molecular flexibility index (Phi) is 3.88. The minimum absolute atomic E-state index is 0.377. The zero-order chi connectivity index (χ0) is 12.3. The van der Waals surface area contributed by atoms with E-state index in [0.29, 0.717) is 10.8 Å². The van der Waals surface area contributed by atoms with E-state index in [1.807, 2.05) is 13.8 Å². The SMILES string of the molecule is COC(=O)C(N)C(C)(C)c1cccc(Cl)n1. The highest BCUT2D eigenvalue weighted by molar-refractivity contribution is 6.29. The average Bonchev–Trinajstić information content (AvgIpc) is 2.27. The summed E-state index contributed by atoms with van der Waals surface area (Å²) >= 11 is 5.80. The summed E-state index contributed by atoms with van der Waals surface area (Å²) in [7, 11) is 1.31. The second kappa shape index (κ2) is 4.80. The fourth-order valence-corrected chi connectivity index (χ4v) is 1.51. The van der Waals surface area contributed by atoms with E-state index in [1.165, 1.54) is 7.11 Å². The van der Waals surface area contributed by atoms with E-state index in [0.717, 1.165) is 0 Å². The van der Waals surface area contributed by atoms with Crippen LogP contribution in [0, 0.1) is 0 Å². The van der Waals surface area contributed by atoms with Gasteiger partial charge in [-0.2, -0.15) is 0 Å². The smallest absolute Gasteiger partial charge is 0.323 e. The van der Waals surface area contributed by atoms with Crippen molar-refractivity contribution in [2.75, 3.05) is 7.11 Å². The van der Waals surface area contributed by atoms with Gasteiger partial charge in [-0.05, 0) is 12.1 Å². The summed E-state index contributed by atoms with van der Waals surface area (Å²) in [6.07, 6.45) is 0. The molecule has 1 unspecified atom stereocenters. The molecule has 0 aromatic carbocycles. The molecule has 5 heteroatoms. The molecule has 0 spiro atoms. The van der Waals surface area contributed by atoms with Crippen LogP contribution in [0.15, 0.2) is 18.2 Å². The Hall–Kier alpha value is -1.13. The maximum atomic E-state index is 11.4. The van der Waals surface area contributed by atoms with Gasteiger partial charge in [-0.3, -0.25) is 4.79 Å². The molecule has 0 saturated heterocycles. The number of esters is 1. The van der Waals surface area contributed by atoms with Crippen LogP contribution in [-0.2, 0) is 14.9 Å². The van der Waals surface area contributed by atoms with Crippen LogP contribution < -0.4 is 5.73 Å². The van der Waals surface area contributed by atoms with Crippen LogP contribution in [-0.4, -0.2) is 24.1 Å². The number of nitrogens with zero attached hydrogens (tertiary/aromatic N) is 1. The minimum atomic E-state index is -0.775. The summed E-state index contributed by atoms with van der Waals surface area (Å²) in [4.78, 5) is 15.6. The van der Waals surface area contributed by atoms with Crippen molar-refractivity contribution in [3.63, 3.8) is 0 Å². The van der Waals surface area contributed by atoms with Gasteiger partial charge in [-0.15, -0.1) is 0 Å². The van der Waals surface area contributed by atoms with Crippen molar-refractivity contribution in [1.82, 2.24) is 4.98 Å². The Morgan fingerprint density at radius 1 is 1.56 bits per heavy atom. The molecule has 1 aromatic rings. The third kappa shape index (κ3) is 2.51. The minimum Gasteiger partial charge on any atom is -0.468 e. The van der Waals surface area contributed by atoms with Gasteiger partial charge in [0.15, 0.2) is 0 Å². The Labute approximate surface area is 99.8 Å². The molecule has 1 heterocycles. The van der Waals surface area contributed by atoms with Gasteiger partial charge in [0.25, 0.3) is 0 Å². The van der Waals surface area contributed by atoms with Crippen molar-refractivity contribution in [3.05, 3.63) is 29.0 Å². The fraction of sp³-hybridized carbons (Fsp3) is 0.455. The van der Waals surface area contributed by atoms with E-state index in [9.17, 15) is 4.79 Å². The highest BCUT2D eigenvalue weighted by Crippen LogP contribution is 2.26. The van der Waals surface area contributed by atoms with Crippen molar-refractivity contribution in [2.24, 2.45) is 5.73 Å². The Morgan fingerprint density at radius 2 is 2.19 bits per heavy atom. The third-order valence-corrected chi connectivity index (χ3v) is 2.82. The van der Waals surface area contributed by atoms with Crippen LogP contribution in [0.4, 0.5) is 0 Å². The van der Waals surface area contributed by atoms with Gasteiger partial charge < -0.3 is 10.5 Å². The number of nitrogens with two attached hydrogens (primary N) is 1. The molecule has 0 amide bonds. The molecule has 16 heavy (non-hydrogen) atoms. The first kappa shape index (κ1) is 12.9. The molecule has 0 aliphatic heterocycles. The molecular weight excluding hydrogens is 228 g/mol. The van der Waals surface area contributed by atoms with E-state index in [1.54, 1.807) is 18.2 Å². The fourth-order valence-electron chi connectivity index (χ4n) is 1.35. The number of aromatic nitrogens is 1. The van der Waals surface area contributed by atoms with Crippen molar-refractivity contribution in [1.29, 1.82) is 0 Å². The number of methoxy groups -OCH3 is 1. The molecule has 2 N–H and O–H groups in total. The Morgan fingerprint density at radius 3 is 2.69 bits per heavy atom. The van der Waals surface area contributed by atoms with E-state index < -0.39 is 17.4 Å². The second-order valence-corrected chi connectivity index (χ2v) is 4.46. The molecule has 0 fully saturated rings. The second-order valence-electron chi connectivity index (χ2n) is 4.07. The van der Waals surface area contributed by atoms with Gasteiger partial charge in [0, 0.05) is 11.1 Å². The van der Waals surface area contributed by atoms with Gasteiger partial charge >= 0.3 is 5.97 Å². The summed E-state index contributed by atoms with van der Waals surface area (Å²) in [5.41, 5.74) is 5.87. The van der Waals surface area contributed by atoms with Gasteiger partial charge in [0.05, 0.1) is 7.11 Å². The Bertz CT molecular complexity index is 393. The molecule has 0 bridgehead atoms. The lowest BCUT2D eigenvalue weighted by atomic mass is 9.81. The number of carbonyl (C=O) groups is 1. The first-order valence-electron chi connectivity index (χ1n) is 4.86. The largest absolute Gasteiger partial charge is 0.468 e. The molecule has 0 radical (unpaired) electrons. The molecular formula is C11H15ClN2O2. The summed E-state index contributed by atoms with van der Waals surface area (Å²) in [6, 6.07) is 4.46. The molecule has 0 aliphatic carbocycles. The van der Waals surface area contributed by atoms with E-state index in [-0.39, 0.29) is 0 Å². The van der Waals surface area contributed by atoms with Gasteiger partial charge in [0.1, 0.15) is 11.2 Å². The van der Waals surface area contributed by atoms with Crippen molar-refractivity contribution in [3.8, 4) is 0 Å². The molecule has 0 saturated carbocycles. The quantitative estimate of drug-likeness (QED) is 0.645. The average molecular weight is 243 g/mol. The predicted octanol–water partition coefficient (Wildman–Crippen LogP) is 1.51. The first-order valence-corrected chi connectivity index (χ1v) is 5.24. The lowest BCUT2D eigenvalue weighted by Gasteiger charge is -2.28. The molecule has 1 rings (SSSR count). The maximum absolute atomic E-state index is 11.4. The van der Waals surface area contributed by atoms with Gasteiger partial charge in [-0.1, -0.05) is 31.5 Å². The number of rotatable bonds is 3. The van der Waals surface area contributed by atoms with E-state index in [2.05, 4.69) is 9.72 Å². The monoisotopic (exact) mass is 242 g/mol. The molecule has 1 atom stereocenters. The third-order valence-electron chi connectivity index (χ3n) is 2.61. The molecule has 0 aliphatic rings. The summed E-state index contributed by atoms with van der Waals surface area (Å²) < 4.78 is 4.63. The number of pyridine rings is 1. The zero-order valence-corrected chi connectivity index (χ0v) is 10.3. The number of hydrogen-bond acceptors (Lipinski definition) is 4. The predicted molar refractivity (Wildman–Crippen MR) is 62.3 cm³/mol. The zero-order valence-electron chi connectivity index (χ0n) is 9.53. The highest BCUT2D eigenvalue weighted by atomic mass is 35.5.